The molecule has 0 saturated carbocycles. The number of aliphatic hydroxyl groups is 1. The van der Waals surface area contributed by atoms with Crippen molar-refractivity contribution in [1.82, 2.24) is 9.97 Å². The van der Waals surface area contributed by atoms with Crippen molar-refractivity contribution >= 4 is 11.6 Å². The Kier molecular flexibility index (Phi) is 3.38. The van der Waals surface area contributed by atoms with Crippen LogP contribution in [0, 0.1) is 10.1 Å². The molecule has 1 aromatic heterocycles. The summed E-state index contributed by atoms with van der Waals surface area (Å²) in [7, 11) is 1.72. The molecule has 1 N–H and O–H groups in total. The van der Waals surface area contributed by atoms with Gasteiger partial charge in [-0.3, -0.25) is 10.1 Å². The van der Waals surface area contributed by atoms with E-state index >= 15 is 0 Å². The van der Waals surface area contributed by atoms with E-state index in [9.17, 15) is 10.1 Å². The summed E-state index contributed by atoms with van der Waals surface area (Å²) >= 11 is 0. The van der Waals surface area contributed by atoms with Crippen molar-refractivity contribution in [1.29, 1.82) is 0 Å². The lowest BCUT2D eigenvalue weighted by atomic mass is 10.1. The molecular weight excluding hydrogens is 212 g/mol. The minimum Gasteiger partial charge on any atom is -0.394 e. The number of nitro groups is 1. The third-order valence-electron chi connectivity index (χ3n) is 2.43. The Balaban J connectivity index is 2.94. The fourth-order valence-corrected chi connectivity index (χ4v) is 0.959. The molecular formula is C9H14N4O3. The first kappa shape index (κ1) is 12.3. The number of rotatable bonds is 4. The van der Waals surface area contributed by atoms with Gasteiger partial charge in [-0.1, -0.05) is 0 Å². The van der Waals surface area contributed by atoms with Crippen LogP contribution in [0.3, 0.4) is 0 Å². The van der Waals surface area contributed by atoms with Crippen molar-refractivity contribution in [3.63, 3.8) is 0 Å². The summed E-state index contributed by atoms with van der Waals surface area (Å²) in [6, 6.07) is 0. The summed E-state index contributed by atoms with van der Waals surface area (Å²) in [6.45, 7) is 3.57. The molecule has 0 aliphatic heterocycles. The summed E-state index contributed by atoms with van der Waals surface area (Å²) in [6.07, 6.45) is 2.29. The minimum absolute atomic E-state index is 0.0656. The van der Waals surface area contributed by atoms with E-state index in [1.807, 2.05) is 13.8 Å². The van der Waals surface area contributed by atoms with E-state index in [-0.39, 0.29) is 12.3 Å². The fraction of sp³-hybridized carbons (Fsp3) is 0.556. The minimum atomic E-state index is -0.555. The molecule has 7 nitrogen and oxygen atoms in total. The van der Waals surface area contributed by atoms with Crippen molar-refractivity contribution in [2.75, 3.05) is 18.6 Å². The van der Waals surface area contributed by atoms with Crippen molar-refractivity contribution in [3.05, 3.63) is 22.5 Å². The van der Waals surface area contributed by atoms with Crippen LogP contribution in [-0.4, -0.2) is 39.2 Å². The SMILES string of the molecule is CN(c1ncc([N+](=O)[O-])cn1)C(C)(C)CO. The zero-order valence-electron chi connectivity index (χ0n) is 9.41. The molecule has 1 aromatic rings. The van der Waals surface area contributed by atoms with E-state index in [4.69, 9.17) is 5.11 Å². The maximum absolute atomic E-state index is 10.4. The highest BCUT2D eigenvalue weighted by atomic mass is 16.6. The lowest BCUT2D eigenvalue weighted by Gasteiger charge is -2.33. The maximum atomic E-state index is 10.4. The van der Waals surface area contributed by atoms with Gasteiger partial charge in [-0.05, 0) is 13.8 Å². The lowest BCUT2D eigenvalue weighted by molar-refractivity contribution is -0.385. The molecule has 0 unspecified atom stereocenters. The second-order valence-electron chi connectivity index (χ2n) is 4.03. The molecule has 0 aliphatic carbocycles. The van der Waals surface area contributed by atoms with Crippen LogP contribution >= 0.6 is 0 Å². The van der Waals surface area contributed by atoms with Gasteiger partial charge in [0.15, 0.2) is 0 Å². The molecule has 0 aliphatic rings. The van der Waals surface area contributed by atoms with Crippen LogP contribution in [0.15, 0.2) is 12.4 Å². The Bertz CT molecular complexity index is 377. The van der Waals surface area contributed by atoms with E-state index in [2.05, 4.69) is 9.97 Å². The van der Waals surface area contributed by atoms with Crippen molar-refractivity contribution in [3.8, 4) is 0 Å². The Morgan fingerprint density at radius 2 is 2.00 bits per heavy atom. The number of aromatic nitrogens is 2. The first-order chi connectivity index (χ1) is 7.38. The number of nitrogens with zero attached hydrogens (tertiary/aromatic N) is 4. The van der Waals surface area contributed by atoms with Crippen LogP contribution in [-0.2, 0) is 0 Å². The van der Waals surface area contributed by atoms with Gasteiger partial charge < -0.3 is 10.0 Å². The average Bonchev–Trinajstić information content (AvgIpc) is 2.28. The van der Waals surface area contributed by atoms with Gasteiger partial charge in [0.25, 0.3) is 0 Å². The standard InChI is InChI=1S/C9H14N4O3/c1-9(2,6-14)12(3)8-10-4-7(5-11-8)13(15)16/h4-5,14H,6H2,1-3H3. The third kappa shape index (κ3) is 2.43. The Hall–Kier alpha value is -1.76. The van der Waals surface area contributed by atoms with Gasteiger partial charge in [0.2, 0.25) is 5.95 Å². The molecule has 88 valence electrons. The van der Waals surface area contributed by atoms with Gasteiger partial charge in [0, 0.05) is 7.05 Å². The lowest BCUT2D eigenvalue weighted by Crippen LogP contribution is -2.45. The zero-order valence-corrected chi connectivity index (χ0v) is 9.41. The van der Waals surface area contributed by atoms with E-state index in [0.717, 1.165) is 12.4 Å². The largest absolute Gasteiger partial charge is 0.394 e. The van der Waals surface area contributed by atoms with E-state index in [1.165, 1.54) is 0 Å². The fourth-order valence-electron chi connectivity index (χ4n) is 0.959. The number of anilines is 1. The van der Waals surface area contributed by atoms with Gasteiger partial charge >= 0.3 is 5.69 Å². The second kappa shape index (κ2) is 4.40. The Labute approximate surface area is 92.9 Å². The van der Waals surface area contributed by atoms with Crippen LogP contribution in [0.4, 0.5) is 11.6 Å². The van der Waals surface area contributed by atoms with Crippen molar-refractivity contribution < 1.29 is 10.0 Å². The quantitative estimate of drug-likeness (QED) is 0.596. The normalized spacial score (nSPS) is 11.2. The number of likely N-dealkylation sites (N-methyl/N-ethyl adjacent to an activating group) is 1. The van der Waals surface area contributed by atoms with Gasteiger partial charge in [0.1, 0.15) is 12.4 Å². The Morgan fingerprint density at radius 1 is 1.50 bits per heavy atom. The van der Waals surface area contributed by atoms with Crippen LogP contribution < -0.4 is 4.90 Å². The Morgan fingerprint density at radius 3 is 2.38 bits per heavy atom. The highest BCUT2D eigenvalue weighted by Gasteiger charge is 2.25. The molecule has 0 aromatic carbocycles. The zero-order chi connectivity index (χ0) is 12.3. The third-order valence-corrected chi connectivity index (χ3v) is 2.43. The van der Waals surface area contributed by atoms with Gasteiger partial charge in [-0.25, -0.2) is 9.97 Å². The van der Waals surface area contributed by atoms with E-state index in [1.54, 1.807) is 11.9 Å². The summed E-state index contributed by atoms with van der Waals surface area (Å²) in [4.78, 5) is 19.3. The highest BCUT2D eigenvalue weighted by molar-refractivity contribution is 5.35. The molecule has 1 heterocycles. The molecule has 7 heteroatoms. The molecule has 0 saturated heterocycles. The summed E-state index contributed by atoms with van der Waals surface area (Å²) in [5.41, 5.74) is -0.671. The van der Waals surface area contributed by atoms with E-state index in [0.29, 0.717) is 5.95 Å². The summed E-state index contributed by atoms with van der Waals surface area (Å²) in [5.74, 6) is 0.338. The number of hydrogen-bond acceptors (Lipinski definition) is 6. The predicted molar refractivity (Wildman–Crippen MR) is 58.3 cm³/mol. The summed E-state index contributed by atoms with van der Waals surface area (Å²) in [5, 5.41) is 19.6. The molecule has 0 bridgehead atoms. The van der Waals surface area contributed by atoms with Gasteiger partial charge in [-0.2, -0.15) is 0 Å². The molecule has 0 spiro atoms. The highest BCUT2D eigenvalue weighted by Crippen LogP contribution is 2.18. The smallest absolute Gasteiger partial charge is 0.305 e. The first-order valence-electron chi connectivity index (χ1n) is 4.69. The second-order valence-corrected chi connectivity index (χ2v) is 4.03. The molecule has 1 rings (SSSR count). The maximum Gasteiger partial charge on any atom is 0.305 e. The summed E-state index contributed by atoms with van der Waals surface area (Å²) < 4.78 is 0. The molecule has 16 heavy (non-hydrogen) atoms. The number of hydrogen-bond donors (Lipinski definition) is 1. The molecule has 0 radical (unpaired) electrons. The topological polar surface area (TPSA) is 92.4 Å². The first-order valence-corrected chi connectivity index (χ1v) is 4.69. The van der Waals surface area contributed by atoms with Gasteiger partial charge in [0.05, 0.1) is 17.1 Å². The number of aliphatic hydroxyl groups excluding tert-OH is 1. The average molecular weight is 226 g/mol. The molecule has 0 atom stereocenters. The van der Waals surface area contributed by atoms with E-state index < -0.39 is 10.5 Å². The van der Waals surface area contributed by atoms with Crippen molar-refractivity contribution in [2.24, 2.45) is 0 Å². The van der Waals surface area contributed by atoms with Crippen molar-refractivity contribution in [2.45, 2.75) is 19.4 Å². The van der Waals surface area contributed by atoms with Gasteiger partial charge in [-0.15, -0.1) is 0 Å². The van der Waals surface area contributed by atoms with Crippen LogP contribution in [0.25, 0.3) is 0 Å². The molecule has 0 fully saturated rings. The van der Waals surface area contributed by atoms with Crippen LogP contribution in [0.1, 0.15) is 13.8 Å². The monoisotopic (exact) mass is 226 g/mol. The molecule has 0 amide bonds. The van der Waals surface area contributed by atoms with Crippen LogP contribution in [0.5, 0.6) is 0 Å². The van der Waals surface area contributed by atoms with Crippen LogP contribution in [0.2, 0.25) is 0 Å². The predicted octanol–water partition coefficient (Wildman–Crippen LogP) is 0.592.